The van der Waals surface area contributed by atoms with Crippen LogP contribution in [0, 0.1) is 33.8 Å². The van der Waals surface area contributed by atoms with E-state index in [4.69, 9.17) is 16.3 Å². The number of imide groups is 1. The molecule has 28 heavy (non-hydrogen) atoms. The Kier molecular flexibility index (Phi) is 4.50. The van der Waals surface area contributed by atoms with Gasteiger partial charge in [-0.05, 0) is 24.3 Å². The van der Waals surface area contributed by atoms with E-state index in [0.717, 1.165) is 17.5 Å². The molecule has 2 bridgehead atoms. The number of nitro benzene ring substituents is 1. The highest BCUT2D eigenvalue weighted by Crippen LogP contribution is 2.52. The molecule has 2 amide bonds. The summed E-state index contributed by atoms with van der Waals surface area (Å²) in [6.07, 6.45) is 7.45. The number of carbonyl (C=O) groups excluding carboxylic acids is 2. The molecule has 4 rings (SSSR count). The SMILES string of the molecule is C=CCOc1c(C=NN2C(=O)[C@@H]3[C@H](C2=O)[C@H]2C=C[C@H]3C2)cc(Cl)cc1[N+](=O)[O-]. The molecule has 1 aromatic carbocycles. The normalized spacial score (nSPS) is 27.7. The number of allylic oxidation sites excluding steroid dienone is 2. The topological polar surface area (TPSA) is 102 Å². The van der Waals surface area contributed by atoms with E-state index < -0.39 is 4.92 Å². The Hall–Kier alpha value is -3.00. The zero-order valence-electron chi connectivity index (χ0n) is 14.7. The van der Waals surface area contributed by atoms with Crippen molar-refractivity contribution in [3.05, 3.63) is 57.6 Å². The van der Waals surface area contributed by atoms with Crippen molar-refractivity contribution in [2.45, 2.75) is 6.42 Å². The molecular formula is C19H16ClN3O5. The molecule has 4 atom stereocenters. The van der Waals surface area contributed by atoms with E-state index in [1.807, 2.05) is 12.2 Å². The lowest BCUT2D eigenvalue weighted by molar-refractivity contribution is -0.385. The molecule has 1 aliphatic heterocycles. The van der Waals surface area contributed by atoms with Crippen LogP contribution in [0.3, 0.4) is 0 Å². The molecule has 1 saturated heterocycles. The summed E-state index contributed by atoms with van der Waals surface area (Å²) < 4.78 is 5.41. The fourth-order valence-electron chi connectivity index (χ4n) is 4.25. The predicted molar refractivity (Wildman–Crippen MR) is 101 cm³/mol. The average Bonchev–Trinajstić information content (AvgIpc) is 3.33. The van der Waals surface area contributed by atoms with Gasteiger partial charge in [-0.2, -0.15) is 10.1 Å². The molecular weight excluding hydrogens is 386 g/mol. The first-order chi connectivity index (χ1) is 13.4. The lowest BCUT2D eigenvalue weighted by Gasteiger charge is -2.13. The summed E-state index contributed by atoms with van der Waals surface area (Å²) in [6, 6.07) is 2.59. The zero-order valence-corrected chi connectivity index (χ0v) is 15.4. The molecule has 1 heterocycles. The molecule has 1 aromatic rings. The summed E-state index contributed by atoms with van der Waals surface area (Å²) in [7, 11) is 0. The van der Waals surface area contributed by atoms with Crippen LogP contribution in [-0.4, -0.2) is 34.6 Å². The van der Waals surface area contributed by atoms with Gasteiger partial charge in [0.25, 0.3) is 11.8 Å². The van der Waals surface area contributed by atoms with Gasteiger partial charge in [-0.3, -0.25) is 19.7 Å². The van der Waals surface area contributed by atoms with Crippen LogP contribution in [0.5, 0.6) is 5.75 Å². The van der Waals surface area contributed by atoms with Gasteiger partial charge in [-0.1, -0.05) is 36.4 Å². The lowest BCUT2D eigenvalue weighted by atomic mass is 9.85. The predicted octanol–water partition coefficient (Wildman–Crippen LogP) is 2.95. The molecule has 0 aromatic heterocycles. The summed E-state index contributed by atoms with van der Waals surface area (Å²) in [5, 5.41) is 16.4. The second-order valence-electron chi connectivity index (χ2n) is 6.93. The number of benzene rings is 1. The number of hydrogen-bond acceptors (Lipinski definition) is 6. The van der Waals surface area contributed by atoms with Crippen LogP contribution in [0.15, 0.2) is 42.0 Å². The van der Waals surface area contributed by atoms with E-state index in [-0.39, 0.29) is 64.1 Å². The van der Waals surface area contributed by atoms with E-state index in [2.05, 4.69) is 11.7 Å². The molecule has 2 fully saturated rings. The molecule has 2 aliphatic carbocycles. The third kappa shape index (κ3) is 2.80. The maximum atomic E-state index is 12.7. The number of rotatable bonds is 6. The molecule has 0 radical (unpaired) electrons. The van der Waals surface area contributed by atoms with Crippen molar-refractivity contribution >= 4 is 35.3 Å². The van der Waals surface area contributed by atoms with Crippen molar-refractivity contribution in [1.82, 2.24) is 5.01 Å². The fourth-order valence-corrected chi connectivity index (χ4v) is 4.47. The van der Waals surface area contributed by atoms with Crippen LogP contribution in [0.1, 0.15) is 12.0 Å². The third-order valence-electron chi connectivity index (χ3n) is 5.36. The average molecular weight is 402 g/mol. The number of fused-ring (bicyclic) bond motifs is 5. The van der Waals surface area contributed by atoms with Gasteiger partial charge in [0, 0.05) is 16.7 Å². The first-order valence-corrected chi connectivity index (χ1v) is 9.12. The second-order valence-corrected chi connectivity index (χ2v) is 7.37. The van der Waals surface area contributed by atoms with Crippen molar-refractivity contribution in [3.63, 3.8) is 0 Å². The van der Waals surface area contributed by atoms with Gasteiger partial charge in [-0.25, -0.2) is 0 Å². The Labute approximate surface area is 165 Å². The van der Waals surface area contributed by atoms with Crippen molar-refractivity contribution in [2.75, 3.05) is 6.61 Å². The van der Waals surface area contributed by atoms with Crippen LogP contribution in [-0.2, 0) is 9.59 Å². The Balaban J connectivity index is 1.66. The van der Waals surface area contributed by atoms with Crippen molar-refractivity contribution < 1.29 is 19.2 Å². The van der Waals surface area contributed by atoms with E-state index in [1.165, 1.54) is 18.4 Å². The molecule has 9 heteroatoms. The third-order valence-corrected chi connectivity index (χ3v) is 5.58. The largest absolute Gasteiger partial charge is 0.482 e. The van der Waals surface area contributed by atoms with Crippen LogP contribution >= 0.6 is 11.6 Å². The van der Waals surface area contributed by atoms with E-state index in [9.17, 15) is 19.7 Å². The number of nitro groups is 1. The number of carbonyl (C=O) groups is 2. The summed E-state index contributed by atoms with van der Waals surface area (Å²) in [5.74, 6) is -1.33. The second kappa shape index (κ2) is 6.87. The smallest absolute Gasteiger partial charge is 0.313 e. The number of halogens is 1. The van der Waals surface area contributed by atoms with Gasteiger partial charge in [0.15, 0.2) is 0 Å². The van der Waals surface area contributed by atoms with Gasteiger partial charge in [0.2, 0.25) is 5.75 Å². The maximum Gasteiger partial charge on any atom is 0.313 e. The van der Waals surface area contributed by atoms with Gasteiger partial charge in [0.05, 0.1) is 23.0 Å². The van der Waals surface area contributed by atoms with E-state index >= 15 is 0 Å². The first-order valence-electron chi connectivity index (χ1n) is 8.74. The minimum absolute atomic E-state index is 0.0318. The van der Waals surface area contributed by atoms with Crippen LogP contribution in [0.2, 0.25) is 5.02 Å². The zero-order chi connectivity index (χ0) is 20.0. The van der Waals surface area contributed by atoms with Crippen molar-refractivity contribution in [3.8, 4) is 5.75 Å². The minimum atomic E-state index is -0.623. The Bertz CT molecular complexity index is 927. The number of nitrogens with zero attached hydrogens (tertiary/aromatic N) is 3. The molecule has 0 spiro atoms. The highest BCUT2D eigenvalue weighted by atomic mass is 35.5. The fraction of sp³-hybridized carbons (Fsp3) is 0.316. The summed E-state index contributed by atoms with van der Waals surface area (Å²) in [4.78, 5) is 36.1. The number of hydrogen-bond donors (Lipinski definition) is 0. The van der Waals surface area contributed by atoms with Gasteiger partial charge in [0.1, 0.15) is 6.61 Å². The molecule has 0 N–H and O–H groups in total. The summed E-state index contributed by atoms with van der Waals surface area (Å²) in [6.45, 7) is 3.55. The monoisotopic (exact) mass is 401 g/mol. The summed E-state index contributed by atoms with van der Waals surface area (Å²) in [5.41, 5.74) is -0.145. The van der Waals surface area contributed by atoms with E-state index in [1.54, 1.807) is 0 Å². The van der Waals surface area contributed by atoms with Gasteiger partial charge >= 0.3 is 5.69 Å². The molecule has 0 unspecified atom stereocenters. The highest BCUT2D eigenvalue weighted by Gasteiger charge is 2.59. The standard InChI is InChI=1S/C19H16ClN3O5/c1-2-5-28-17-12(7-13(20)8-14(17)23(26)27)9-21-22-18(24)15-10-3-4-11(6-10)16(15)19(22)25/h2-4,7-11,15-16H,1,5-6H2/t10-,11-,15-,16+/m0/s1. The quantitative estimate of drug-likeness (QED) is 0.240. The molecule has 1 saturated carbocycles. The maximum absolute atomic E-state index is 12.7. The van der Waals surface area contributed by atoms with Crippen LogP contribution in [0.25, 0.3) is 0 Å². The molecule has 8 nitrogen and oxygen atoms in total. The van der Waals surface area contributed by atoms with E-state index in [0.29, 0.717) is 0 Å². The summed E-state index contributed by atoms with van der Waals surface area (Å²) >= 11 is 5.98. The van der Waals surface area contributed by atoms with Crippen molar-refractivity contribution in [1.29, 1.82) is 0 Å². The van der Waals surface area contributed by atoms with Crippen LogP contribution < -0.4 is 4.74 Å². The molecule has 3 aliphatic rings. The minimum Gasteiger partial charge on any atom is -0.482 e. The van der Waals surface area contributed by atoms with Gasteiger partial charge in [-0.15, -0.1) is 0 Å². The Morgan fingerprint density at radius 2 is 1.93 bits per heavy atom. The molecule has 144 valence electrons. The number of ether oxygens (including phenoxy) is 1. The lowest BCUT2D eigenvalue weighted by Crippen LogP contribution is -2.28. The number of hydrazone groups is 1. The first kappa shape index (κ1) is 18.4. The Morgan fingerprint density at radius 3 is 2.50 bits per heavy atom. The highest BCUT2D eigenvalue weighted by molar-refractivity contribution is 6.31. The number of amides is 2. The van der Waals surface area contributed by atoms with Gasteiger partial charge < -0.3 is 4.74 Å². The van der Waals surface area contributed by atoms with Crippen molar-refractivity contribution in [2.24, 2.45) is 28.8 Å². The van der Waals surface area contributed by atoms with Crippen LogP contribution in [0.4, 0.5) is 5.69 Å². The Morgan fingerprint density at radius 1 is 1.29 bits per heavy atom.